The Morgan fingerprint density at radius 1 is 1.53 bits per heavy atom. The molecule has 1 rings (SSSR count). The highest BCUT2D eigenvalue weighted by atomic mass is 16.4. The maximum atomic E-state index is 9.38. The molecule has 88 valence electrons. The van der Waals surface area contributed by atoms with Gasteiger partial charge in [0.15, 0.2) is 0 Å². The predicted octanol–water partition coefficient (Wildman–Crippen LogP) is 0.406. The molecule has 1 fully saturated rings. The van der Waals surface area contributed by atoms with E-state index in [1.165, 1.54) is 0 Å². The van der Waals surface area contributed by atoms with Gasteiger partial charge in [-0.15, -0.1) is 0 Å². The maximum Gasteiger partial charge on any atom is 0.140 e. The van der Waals surface area contributed by atoms with E-state index in [1.54, 1.807) is 0 Å². The number of hydrogen-bond acceptors (Lipinski definition) is 4. The first-order chi connectivity index (χ1) is 7.12. The van der Waals surface area contributed by atoms with Crippen molar-refractivity contribution in [1.82, 2.24) is 5.32 Å². The normalized spacial score (nSPS) is 22.9. The molecule has 0 aromatic rings. The van der Waals surface area contributed by atoms with Gasteiger partial charge in [0.25, 0.3) is 0 Å². The summed E-state index contributed by atoms with van der Waals surface area (Å²) in [7, 11) is 0. The summed E-state index contributed by atoms with van der Waals surface area (Å²) in [6.45, 7) is 2.14. The first-order valence-corrected chi connectivity index (χ1v) is 5.47. The van der Waals surface area contributed by atoms with Crippen molar-refractivity contribution in [3.8, 4) is 0 Å². The number of aliphatic hydroxyl groups excluding tert-OH is 1. The molecule has 15 heavy (non-hydrogen) atoms. The van der Waals surface area contributed by atoms with Crippen molar-refractivity contribution in [3.63, 3.8) is 0 Å². The van der Waals surface area contributed by atoms with Crippen molar-refractivity contribution in [1.29, 1.82) is 0 Å². The zero-order valence-electron chi connectivity index (χ0n) is 9.24. The molecule has 5 nitrogen and oxygen atoms in total. The summed E-state index contributed by atoms with van der Waals surface area (Å²) < 4.78 is 0. The molecule has 1 aliphatic rings. The van der Waals surface area contributed by atoms with Crippen LogP contribution in [0.4, 0.5) is 0 Å². The summed E-state index contributed by atoms with van der Waals surface area (Å²) in [4.78, 5) is 0. The molecular formula is C10H21N3O2. The Kier molecular flexibility index (Phi) is 4.35. The second-order valence-electron chi connectivity index (χ2n) is 4.49. The Hall–Kier alpha value is -0.810. The van der Waals surface area contributed by atoms with Crippen LogP contribution in [0.25, 0.3) is 0 Å². The fourth-order valence-corrected chi connectivity index (χ4v) is 2.33. The van der Waals surface area contributed by atoms with Gasteiger partial charge in [0, 0.05) is 18.0 Å². The lowest BCUT2D eigenvalue weighted by atomic mass is 9.97. The minimum absolute atomic E-state index is 0.117. The zero-order chi connectivity index (χ0) is 11.3. The Bertz CT molecular complexity index is 225. The third kappa shape index (κ3) is 3.35. The van der Waals surface area contributed by atoms with Crippen LogP contribution in [0, 0.1) is 0 Å². The minimum Gasteiger partial charge on any atom is -0.409 e. The van der Waals surface area contributed by atoms with Crippen molar-refractivity contribution < 1.29 is 10.3 Å². The van der Waals surface area contributed by atoms with Gasteiger partial charge in [-0.25, -0.2) is 0 Å². The molecule has 0 saturated heterocycles. The molecular weight excluding hydrogens is 194 g/mol. The summed E-state index contributed by atoms with van der Waals surface area (Å²) >= 11 is 0. The van der Waals surface area contributed by atoms with Gasteiger partial charge in [-0.05, 0) is 19.8 Å². The van der Waals surface area contributed by atoms with Gasteiger partial charge >= 0.3 is 0 Å². The van der Waals surface area contributed by atoms with Crippen LogP contribution >= 0.6 is 0 Å². The van der Waals surface area contributed by atoms with Crippen molar-refractivity contribution in [3.05, 3.63) is 0 Å². The van der Waals surface area contributed by atoms with Gasteiger partial charge in [-0.2, -0.15) is 0 Å². The van der Waals surface area contributed by atoms with Gasteiger partial charge in [0.05, 0.1) is 6.61 Å². The number of nitrogens with zero attached hydrogens (tertiary/aromatic N) is 1. The highest BCUT2D eigenvalue weighted by molar-refractivity contribution is 5.80. The van der Waals surface area contributed by atoms with E-state index in [-0.39, 0.29) is 24.0 Å². The largest absolute Gasteiger partial charge is 0.409 e. The average molecular weight is 215 g/mol. The molecule has 0 aromatic heterocycles. The van der Waals surface area contributed by atoms with Crippen LogP contribution in [0.15, 0.2) is 5.16 Å². The molecule has 5 N–H and O–H groups in total. The van der Waals surface area contributed by atoms with Crippen molar-refractivity contribution in [2.24, 2.45) is 10.9 Å². The van der Waals surface area contributed by atoms with E-state index in [1.807, 2.05) is 6.92 Å². The summed E-state index contributed by atoms with van der Waals surface area (Å²) in [5, 5.41) is 24.2. The number of aliphatic hydroxyl groups is 1. The van der Waals surface area contributed by atoms with Crippen molar-refractivity contribution in [2.75, 3.05) is 6.61 Å². The Balaban J connectivity index is 2.44. The van der Waals surface area contributed by atoms with Crippen LogP contribution in [-0.2, 0) is 0 Å². The number of oxime groups is 1. The molecule has 1 unspecified atom stereocenters. The topological polar surface area (TPSA) is 90.9 Å². The zero-order valence-corrected chi connectivity index (χ0v) is 9.24. The lowest BCUT2D eigenvalue weighted by Gasteiger charge is -2.31. The second kappa shape index (κ2) is 5.32. The molecule has 1 atom stereocenters. The SMILES string of the molecule is CC(CC(N)=NO)NC1(CO)CCCC1. The van der Waals surface area contributed by atoms with Crippen LogP contribution in [0.1, 0.15) is 39.0 Å². The molecule has 0 amide bonds. The van der Waals surface area contributed by atoms with Gasteiger partial charge in [0.1, 0.15) is 5.84 Å². The third-order valence-electron chi connectivity index (χ3n) is 3.06. The highest BCUT2D eigenvalue weighted by Crippen LogP contribution is 2.29. The molecule has 0 heterocycles. The lowest BCUT2D eigenvalue weighted by Crippen LogP contribution is -2.51. The van der Waals surface area contributed by atoms with E-state index < -0.39 is 0 Å². The van der Waals surface area contributed by atoms with Gasteiger partial charge in [-0.3, -0.25) is 0 Å². The number of rotatable bonds is 5. The highest BCUT2D eigenvalue weighted by Gasteiger charge is 2.33. The average Bonchev–Trinajstić information content (AvgIpc) is 2.66. The number of hydrogen-bond donors (Lipinski definition) is 4. The Labute approximate surface area is 90.3 Å². The number of nitrogens with one attached hydrogen (secondary N) is 1. The van der Waals surface area contributed by atoms with Crippen LogP contribution in [-0.4, -0.2) is 34.3 Å². The van der Waals surface area contributed by atoms with E-state index in [0.29, 0.717) is 6.42 Å². The van der Waals surface area contributed by atoms with Crippen molar-refractivity contribution in [2.45, 2.75) is 50.6 Å². The number of nitrogens with two attached hydrogens (primary N) is 1. The Morgan fingerprint density at radius 2 is 2.13 bits per heavy atom. The summed E-state index contributed by atoms with van der Waals surface area (Å²) in [5.74, 6) is 0.223. The lowest BCUT2D eigenvalue weighted by molar-refractivity contribution is 0.153. The van der Waals surface area contributed by atoms with Gasteiger partial charge in [-0.1, -0.05) is 18.0 Å². The standard InChI is InChI=1S/C10H21N3O2/c1-8(6-9(11)13-15)12-10(7-14)4-2-3-5-10/h8,12,14-15H,2-7H2,1H3,(H2,11,13). The quantitative estimate of drug-likeness (QED) is 0.231. The van der Waals surface area contributed by atoms with Crippen molar-refractivity contribution >= 4 is 5.84 Å². The third-order valence-corrected chi connectivity index (χ3v) is 3.06. The van der Waals surface area contributed by atoms with Gasteiger partial charge in [0.2, 0.25) is 0 Å². The van der Waals surface area contributed by atoms with E-state index in [9.17, 15) is 5.11 Å². The van der Waals surface area contributed by atoms with E-state index >= 15 is 0 Å². The summed E-state index contributed by atoms with van der Waals surface area (Å²) in [6.07, 6.45) is 4.82. The smallest absolute Gasteiger partial charge is 0.140 e. The van der Waals surface area contributed by atoms with E-state index in [2.05, 4.69) is 10.5 Å². The Morgan fingerprint density at radius 3 is 2.60 bits per heavy atom. The molecule has 1 saturated carbocycles. The maximum absolute atomic E-state index is 9.38. The number of amidine groups is 1. The second-order valence-corrected chi connectivity index (χ2v) is 4.49. The van der Waals surface area contributed by atoms with Crippen LogP contribution < -0.4 is 11.1 Å². The molecule has 5 heteroatoms. The molecule has 0 radical (unpaired) electrons. The molecule has 0 bridgehead atoms. The first kappa shape index (κ1) is 12.3. The molecule has 0 aromatic carbocycles. The monoisotopic (exact) mass is 215 g/mol. The molecule has 0 aliphatic heterocycles. The fraction of sp³-hybridized carbons (Fsp3) is 0.900. The first-order valence-electron chi connectivity index (χ1n) is 5.47. The fourth-order valence-electron chi connectivity index (χ4n) is 2.33. The van der Waals surface area contributed by atoms with Crippen LogP contribution in [0.2, 0.25) is 0 Å². The molecule has 1 aliphatic carbocycles. The van der Waals surface area contributed by atoms with E-state index in [0.717, 1.165) is 25.7 Å². The molecule has 0 spiro atoms. The van der Waals surface area contributed by atoms with Crippen LogP contribution in [0.5, 0.6) is 0 Å². The van der Waals surface area contributed by atoms with Crippen LogP contribution in [0.3, 0.4) is 0 Å². The van der Waals surface area contributed by atoms with E-state index in [4.69, 9.17) is 10.9 Å². The predicted molar refractivity (Wildman–Crippen MR) is 58.9 cm³/mol. The minimum atomic E-state index is -0.144. The van der Waals surface area contributed by atoms with Gasteiger partial charge < -0.3 is 21.4 Å². The summed E-state index contributed by atoms with van der Waals surface area (Å²) in [5.41, 5.74) is 5.29. The summed E-state index contributed by atoms with van der Waals surface area (Å²) in [6, 6.07) is 0.117.